The van der Waals surface area contributed by atoms with E-state index in [0.29, 0.717) is 18.7 Å². The zero-order valence-corrected chi connectivity index (χ0v) is 12.3. The minimum atomic E-state index is -0.0713. The van der Waals surface area contributed by atoms with E-state index >= 15 is 0 Å². The summed E-state index contributed by atoms with van der Waals surface area (Å²) >= 11 is 0. The Labute approximate surface area is 126 Å². The number of benzene rings is 1. The molecule has 0 radical (unpaired) electrons. The molecule has 0 aliphatic carbocycles. The van der Waals surface area contributed by atoms with E-state index in [9.17, 15) is 4.79 Å². The first-order chi connectivity index (χ1) is 10.2. The summed E-state index contributed by atoms with van der Waals surface area (Å²) in [6.07, 6.45) is 8.63. The van der Waals surface area contributed by atoms with Crippen molar-refractivity contribution in [2.75, 3.05) is 0 Å². The van der Waals surface area contributed by atoms with Crippen LogP contribution in [0.4, 0.5) is 0 Å². The van der Waals surface area contributed by atoms with Gasteiger partial charge in [-0.15, -0.1) is 12.3 Å². The summed E-state index contributed by atoms with van der Waals surface area (Å²) in [5, 5.41) is 2.99. The number of nitrogens with zero attached hydrogens (tertiary/aromatic N) is 1. The van der Waals surface area contributed by atoms with Crippen molar-refractivity contribution in [3.05, 3.63) is 59.9 Å². The van der Waals surface area contributed by atoms with E-state index in [1.807, 2.05) is 48.0 Å². The Bertz CT molecular complexity index is 622. The van der Waals surface area contributed by atoms with Crippen LogP contribution >= 0.6 is 0 Å². The first kappa shape index (κ1) is 14.9. The zero-order valence-electron chi connectivity index (χ0n) is 12.3. The van der Waals surface area contributed by atoms with Crippen LogP contribution in [0.15, 0.2) is 48.7 Å². The van der Waals surface area contributed by atoms with Crippen molar-refractivity contribution in [2.24, 2.45) is 0 Å². The van der Waals surface area contributed by atoms with Crippen molar-refractivity contribution in [1.82, 2.24) is 9.88 Å². The third kappa shape index (κ3) is 4.00. The lowest BCUT2D eigenvalue weighted by molar-refractivity contribution is 0.0928. The molecule has 1 aromatic carbocycles. The van der Waals surface area contributed by atoms with Gasteiger partial charge in [-0.3, -0.25) is 4.79 Å². The molecule has 0 spiro atoms. The van der Waals surface area contributed by atoms with Crippen molar-refractivity contribution in [1.29, 1.82) is 0 Å². The van der Waals surface area contributed by atoms with Gasteiger partial charge < -0.3 is 9.88 Å². The average Bonchev–Trinajstić information content (AvgIpc) is 2.96. The Morgan fingerprint density at radius 3 is 2.71 bits per heavy atom. The van der Waals surface area contributed by atoms with Crippen molar-refractivity contribution in [3.8, 4) is 12.3 Å². The van der Waals surface area contributed by atoms with E-state index in [-0.39, 0.29) is 11.9 Å². The molecule has 1 unspecified atom stereocenters. The molecule has 1 atom stereocenters. The third-order valence-corrected chi connectivity index (χ3v) is 3.45. The third-order valence-electron chi connectivity index (χ3n) is 3.45. The number of rotatable bonds is 6. The zero-order chi connectivity index (χ0) is 15.1. The maximum Gasteiger partial charge on any atom is 0.268 e. The summed E-state index contributed by atoms with van der Waals surface area (Å²) in [5.74, 6) is 2.53. The van der Waals surface area contributed by atoms with Gasteiger partial charge in [-0.2, -0.15) is 0 Å². The highest BCUT2D eigenvalue weighted by molar-refractivity contribution is 5.93. The van der Waals surface area contributed by atoms with E-state index < -0.39 is 0 Å². The number of amides is 1. The maximum absolute atomic E-state index is 12.4. The summed E-state index contributed by atoms with van der Waals surface area (Å²) in [6.45, 7) is 2.70. The van der Waals surface area contributed by atoms with Gasteiger partial charge >= 0.3 is 0 Å². The molecular formula is C18H20N2O. The number of hydrogen-bond acceptors (Lipinski definition) is 1. The van der Waals surface area contributed by atoms with E-state index in [2.05, 4.69) is 23.4 Å². The van der Waals surface area contributed by atoms with Gasteiger partial charge in [0.2, 0.25) is 0 Å². The molecule has 1 N–H and O–H groups in total. The molecule has 3 nitrogen and oxygen atoms in total. The lowest BCUT2D eigenvalue weighted by Gasteiger charge is -2.15. The number of hydrogen-bond donors (Lipinski definition) is 1. The highest BCUT2D eigenvalue weighted by atomic mass is 16.2. The molecule has 0 saturated carbocycles. The summed E-state index contributed by atoms with van der Waals surface area (Å²) in [7, 11) is 0. The standard InChI is InChI=1S/C18H20N2O/c1-3-9-16(4-2)19-18(21)17-12-8-13-20(17)14-15-10-6-5-7-11-15/h1,5-8,10-13,16H,4,9,14H2,2H3,(H,19,21). The molecule has 1 amide bonds. The van der Waals surface area contributed by atoms with Crippen LogP contribution in [0.3, 0.4) is 0 Å². The predicted octanol–water partition coefficient (Wildman–Crippen LogP) is 3.07. The van der Waals surface area contributed by atoms with Gasteiger partial charge in [0.1, 0.15) is 5.69 Å². The van der Waals surface area contributed by atoms with Crippen LogP contribution in [-0.2, 0) is 6.54 Å². The average molecular weight is 280 g/mol. The van der Waals surface area contributed by atoms with Crippen LogP contribution in [0, 0.1) is 12.3 Å². The summed E-state index contributed by atoms with van der Waals surface area (Å²) < 4.78 is 1.95. The fourth-order valence-corrected chi connectivity index (χ4v) is 2.24. The van der Waals surface area contributed by atoms with Crippen molar-refractivity contribution in [2.45, 2.75) is 32.4 Å². The normalized spacial score (nSPS) is 11.6. The molecule has 1 heterocycles. The first-order valence-corrected chi connectivity index (χ1v) is 7.18. The van der Waals surface area contributed by atoms with Gasteiger partial charge in [0, 0.05) is 25.2 Å². The highest BCUT2D eigenvalue weighted by Gasteiger charge is 2.14. The van der Waals surface area contributed by atoms with Crippen LogP contribution in [0.1, 0.15) is 35.8 Å². The van der Waals surface area contributed by atoms with Crippen LogP contribution in [0.2, 0.25) is 0 Å². The lowest BCUT2D eigenvalue weighted by atomic mass is 10.1. The molecule has 0 aliphatic heterocycles. The highest BCUT2D eigenvalue weighted by Crippen LogP contribution is 2.09. The van der Waals surface area contributed by atoms with Gasteiger partial charge in [-0.05, 0) is 24.1 Å². The first-order valence-electron chi connectivity index (χ1n) is 7.18. The van der Waals surface area contributed by atoms with Gasteiger partial charge in [-0.25, -0.2) is 0 Å². The minimum Gasteiger partial charge on any atom is -0.347 e. The van der Waals surface area contributed by atoms with Gasteiger partial charge in [0.15, 0.2) is 0 Å². The van der Waals surface area contributed by atoms with Crippen LogP contribution in [0.25, 0.3) is 0 Å². The monoisotopic (exact) mass is 280 g/mol. The summed E-state index contributed by atoms with van der Waals surface area (Å²) in [4.78, 5) is 12.4. The second kappa shape index (κ2) is 7.35. The molecule has 1 aromatic heterocycles. The Hall–Kier alpha value is -2.47. The van der Waals surface area contributed by atoms with Crippen molar-refractivity contribution in [3.63, 3.8) is 0 Å². The van der Waals surface area contributed by atoms with Crippen molar-refractivity contribution >= 4 is 5.91 Å². The molecule has 0 saturated heterocycles. The van der Waals surface area contributed by atoms with E-state index in [1.54, 1.807) is 0 Å². The Balaban J connectivity index is 2.09. The molecule has 2 aromatic rings. The SMILES string of the molecule is C#CCC(CC)NC(=O)c1cccn1Cc1ccccc1. The molecule has 3 heteroatoms. The Morgan fingerprint density at radius 1 is 1.29 bits per heavy atom. The Morgan fingerprint density at radius 2 is 2.05 bits per heavy atom. The quantitative estimate of drug-likeness (QED) is 0.811. The van der Waals surface area contributed by atoms with Gasteiger partial charge in [0.25, 0.3) is 5.91 Å². The Kier molecular flexibility index (Phi) is 5.22. The molecular weight excluding hydrogens is 260 g/mol. The number of carbonyl (C=O) groups excluding carboxylic acids is 1. The second-order valence-electron chi connectivity index (χ2n) is 4.99. The number of nitrogens with one attached hydrogen (secondary N) is 1. The van der Waals surface area contributed by atoms with E-state index in [1.165, 1.54) is 5.56 Å². The van der Waals surface area contributed by atoms with Gasteiger partial charge in [-0.1, -0.05) is 37.3 Å². The largest absolute Gasteiger partial charge is 0.347 e. The second-order valence-corrected chi connectivity index (χ2v) is 4.99. The lowest BCUT2D eigenvalue weighted by Crippen LogP contribution is -2.35. The van der Waals surface area contributed by atoms with Crippen LogP contribution < -0.4 is 5.32 Å². The van der Waals surface area contributed by atoms with Gasteiger partial charge in [0.05, 0.1) is 0 Å². The molecule has 108 valence electrons. The fourth-order valence-electron chi connectivity index (χ4n) is 2.24. The van der Waals surface area contributed by atoms with E-state index in [0.717, 1.165) is 6.42 Å². The fraction of sp³-hybridized carbons (Fsp3) is 0.278. The molecule has 2 rings (SSSR count). The molecule has 21 heavy (non-hydrogen) atoms. The van der Waals surface area contributed by atoms with E-state index in [4.69, 9.17) is 6.42 Å². The number of terminal acetylenes is 1. The summed E-state index contributed by atoms with van der Waals surface area (Å²) in [6, 6.07) is 13.8. The van der Waals surface area contributed by atoms with Crippen LogP contribution in [0.5, 0.6) is 0 Å². The molecule has 0 aliphatic rings. The number of aromatic nitrogens is 1. The molecule has 0 fully saturated rings. The maximum atomic E-state index is 12.4. The smallest absolute Gasteiger partial charge is 0.268 e. The molecule has 0 bridgehead atoms. The number of carbonyl (C=O) groups is 1. The predicted molar refractivity (Wildman–Crippen MR) is 85.0 cm³/mol. The minimum absolute atomic E-state index is 0.0302. The topological polar surface area (TPSA) is 34.0 Å². The van der Waals surface area contributed by atoms with Crippen molar-refractivity contribution < 1.29 is 4.79 Å². The summed E-state index contributed by atoms with van der Waals surface area (Å²) in [5.41, 5.74) is 1.83. The van der Waals surface area contributed by atoms with Crippen LogP contribution in [-0.4, -0.2) is 16.5 Å².